The summed E-state index contributed by atoms with van der Waals surface area (Å²) in [5.74, 6) is 1.38. The Hall–Kier alpha value is -4.17. The second-order valence-corrected chi connectivity index (χ2v) is 8.03. The van der Waals surface area contributed by atoms with Crippen molar-refractivity contribution in [1.82, 2.24) is 19.7 Å². The van der Waals surface area contributed by atoms with Gasteiger partial charge < -0.3 is 14.2 Å². The zero-order valence-corrected chi connectivity index (χ0v) is 18.9. The van der Waals surface area contributed by atoms with E-state index in [0.29, 0.717) is 39.7 Å². The van der Waals surface area contributed by atoms with E-state index in [0.717, 1.165) is 15.7 Å². The third-order valence-corrected chi connectivity index (χ3v) is 5.52. The average Bonchev–Trinajstić information content (AvgIpc) is 3.32. The predicted molar refractivity (Wildman–Crippen MR) is 129 cm³/mol. The third-order valence-electron chi connectivity index (χ3n) is 5.29. The lowest BCUT2D eigenvalue weighted by atomic mass is 10.1. The Morgan fingerprint density at radius 1 is 1.03 bits per heavy atom. The van der Waals surface area contributed by atoms with Crippen LogP contribution in [0.15, 0.2) is 80.8 Å². The number of halogens is 1. The Morgan fingerprint density at radius 2 is 1.88 bits per heavy atom. The fourth-order valence-corrected chi connectivity index (χ4v) is 3.91. The lowest BCUT2D eigenvalue weighted by Gasteiger charge is -2.07. The molecule has 1 N–H and O–H groups in total. The van der Waals surface area contributed by atoms with Crippen LogP contribution in [0.2, 0.25) is 5.02 Å². The highest BCUT2D eigenvalue weighted by atomic mass is 35.5. The molecular weight excluding hydrogens is 456 g/mol. The van der Waals surface area contributed by atoms with Crippen molar-refractivity contribution in [3.8, 4) is 28.6 Å². The normalized spacial score (nSPS) is 11.1. The maximum atomic E-state index is 13.0. The van der Waals surface area contributed by atoms with Crippen molar-refractivity contribution in [2.24, 2.45) is 0 Å². The van der Waals surface area contributed by atoms with Gasteiger partial charge in [0.05, 0.1) is 24.1 Å². The number of nitrogens with one attached hydrogen (secondary N) is 1. The number of fused-ring (bicyclic) bond motifs is 1. The van der Waals surface area contributed by atoms with E-state index >= 15 is 0 Å². The van der Waals surface area contributed by atoms with Crippen LogP contribution in [0, 0.1) is 0 Å². The monoisotopic (exact) mass is 474 g/mol. The van der Waals surface area contributed by atoms with Gasteiger partial charge in [0.2, 0.25) is 5.82 Å². The van der Waals surface area contributed by atoms with Crippen molar-refractivity contribution in [1.29, 1.82) is 0 Å². The van der Waals surface area contributed by atoms with Crippen LogP contribution in [-0.4, -0.2) is 26.3 Å². The number of aromatic nitrogens is 4. The molecule has 9 heteroatoms. The number of aromatic amines is 1. The highest BCUT2D eigenvalue weighted by molar-refractivity contribution is 6.30. The first kappa shape index (κ1) is 21.7. The van der Waals surface area contributed by atoms with Crippen LogP contribution in [0.4, 0.5) is 0 Å². The minimum atomic E-state index is -0.520. The number of H-pyrrole nitrogens is 1. The molecule has 2 aromatic heterocycles. The molecule has 170 valence electrons. The largest absolute Gasteiger partial charge is 0.494 e. The van der Waals surface area contributed by atoms with Crippen LogP contribution in [0.5, 0.6) is 5.75 Å². The molecule has 0 amide bonds. The topological polar surface area (TPSA) is 103 Å². The van der Waals surface area contributed by atoms with E-state index in [-0.39, 0.29) is 12.4 Å². The molecule has 34 heavy (non-hydrogen) atoms. The van der Waals surface area contributed by atoms with Crippen molar-refractivity contribution in [3.63, 3.8) is 0 Å². The van der Waals surface area contributed by atoms with Crippen LogP contribution in [-0.2, 0) is 6.54 Å². The maximum absolute atomic E-state index is 13.0. The molecule has 0 saturated carbocycles. The Kier molecular flexibility index (Phi) is 5.73. The second-order valence-electron chi connectivity index (χ2n) is 7.60. The zero-order chi connectivity index (χ0) is 23.7. The van der Waals surface area contributed by atoms with Gasteiger partial charge >= 0.3 is 5.69 Å². The van der Waals surface area contributed by atoms with Crippen molar-refractivity contribution < 1.29 is 9.26 Å². The van der Waals surface area contributed by atoms with Crippen molar-refractivity contribution >= 4 is 22.5 Å². The molecule has 0 bridgehead atoms. The second kappa shape index (κ2) is 8.99. The minimum Gasteiger partial charge on any atom is -0.494 e. The van der Waals surface area contributed by atoms with E-state index in [1.807, 2.05) is 37.3 Å². The fourth-order valence-electron chi connectivity index (χ4n) is 3.70. The Morgan fingerprint density at radius 3 is 2.71 bits per heavy atom. The van der Waals surface area contributed by atoms with Gasteiger partial charge in [-0.15, -0.1) is 0 Å². The fraction of sp³-hybridized carbons (Fsp3) is 0.120. The Balaban J connectivity index is 1.49. The van der Waals surface area contributed by atoms with Gasteiger partial charge in [0.15, 0.2) is 0 Å². The van der Waals surface area contributed by atoms with E-state index < -0.39 is 11.2 Å². The van der Waals surface area contributed by atoms with E-state index in [2.05, 4.69) is 15.1 Å². The van der Waals surface area contributed by atoms with Crippen LogP contribution in [0.1, 0.15) is 12.5 Å². The van der Waals surface area contributed by atoms with Gasteiger partial charge in [-0.3, -0.25) is 9.36 Å². The van der Waals surface area contributed by atoms with Gasteiger partial charge in [-0.05, 0) is 55.0 Å². The van der Waals surface area contributed by atoms with Crippen molar-refractivity contribution in [3.05, 3.63) is 98.2 Å². The molecule has 0 atom stereocenters. The van der Waals surface area contributed by atoms with Gasteiger partial charge in [0.25, 0.3) is 11.4 Å². The molecule has 0 fully saturated rings. The molecule has 2 heterocycles. The van der Waals surface area contributed by atoms with Crippen LogP contribution < -0.4 is 16.0 Å². The first-order valence-electron chi connectivity index (χ1n) is 10.6. The number of hydrogen-bond donors (Lipinski definition) is 1. The molecule has 0 radical (unpaired) electrons. The first-order valence-corrected chi connectivity index (χ1v) is 11.0. The van der Waals surface area contributed by atoms with E-state index in [9.17, 15) is 9.59 Å². The van der Waals surface area contributed by atoms with Gasteiger partial charge in [-0.25, -0.2) is 4.79 Å². The van der Waals surface area contributed by atoms with Gasteiger partial charge in [-0.1, -0.05) is 41.0 Å². The van der Waals surface area contributed by atoms with E-state index in [1.165, 1.54) is 0 Å². The van der Waals surface area contributed by atoms with Crippen molar-refractivity contribution in [2.45, 2.75) is 13.5 Å². The summed E-state index contributed by atoms with van der Waals surface area (Å²) in [5.41, 5.74) is 1.54. The molecule has 8 nitrogen and oxygen atoms in total. The molecule has 5 rings (SSSR count). The lowest BCUT2D eigenvalue weighted by molar-refractivity contribution is 0.340. The zero-order valence-electron chi connectivity index (χ0n) is 18.1. The van der Waals surface area contributed by atoms with Crippen LogP contribution in [0.25, 0.3) is 33.7 Å². The minimum absolute atomic E-state index is 0.111. The van der Waals surface area contributed by atoms with Crippen LogP contribution in [0.3, 0.4) is 0 Å². The lowest BCUT2D eigenvalue weighted by Crippen LogP contribution is -2.35. The number of ether oxygens (including phenoxy) is 1. The summed E-state index contributed by atoms with van der Waals surface area (Å²) in [5, 5.41) is 4.96. The molecule has 0 aliphatic heterocycles. The molecule has 0 spiro atoms. The third kappa shape index (κ3) is 4.23. The van der Waals surface area contributed by atoms with Crippen LogP contribution >= 0.6 is 11.6 Å². The van der Waals surface area contributed by atoms with E-state index in [4.69, 9.17) is 20.9 Å². The molecule has 5 aromatic rings. The summed E-state index contributed by atoms with van der Waals surface area (Å²) in [7, 11) is 0. The molecule has 0 saturated heterocycles. The number of hydrogen-bond acceptors (Lipinski definition) is 6. The standard InChI is InChI=1S/C25H19ClN4O4/c1-2-33-19-8-4-6-16(12-19)22-28-23(34-29-22)17-9-10-20-21(13-17)27-25(32)30(24(20)31)14-15-5-3-7-18(26)11-15/h3-13H,2,14H2,1H3,(H,27,32). The Labute approximate surface area is 198 Å². The highest BCUT2D eigenvalue weighted by Gasteiger charge is 2.14. The number of rotatable bonds is 6. The molecular formula is C25H19ClN4O4. The first-order chi connectivity index (χ1) is 16.5. The summed E-state index contributed by atoms with van der Waals surface area (Å²) in [4.78, 5) is 32.9. The maximum Gasteiger partial charge on any atom is 0.329 e. The molecule has 0 aliphatic rings. The van der Waals surface area contributed by atoms with Gasteiger partial charge in [0, 0.05) is 16.1 Å². The summed E-state index contributed by atoms with van der Waals surface area (Å²) in [6, 6.07) is 19.4. The smallest absolute Gasteiger partial charge is 0.329 e. The molecule has 0 aliphatic carbocycles. The SMILES string of the molecule is CCOc1cccc(-c2noc(-c3ccc4c(=O)n(Cc5cccc(Cl)c5)c(=O)[nH]c4c3)n2)c1. The molecule has 0 unspecified atom stereocenters. The number of benzene rings is 3. The Bertz CT molecular complexity index is 1620. The summed E-state index contributed by atoms with van der Waals surface area (Å²) >= 11 is 6.02. The average molecular weight is 475 g/mol. The number of nitrogens with zero attached hydrogens (tertiary/aromatic N) is 3. The van der Waals surface area contributed by atoms with Crippen molar-refractivity contribution in [2.75, 3.05) is 6.61 Å². The van der Waals surface area contributed by atoms with Gasteiger partial charge in [-0.2, -0.15) is 4.98 Å². The summed E-state index contributed by atoms with van der Waals surface area (Å²) in [6.45, 7) is 2.58. The highest BCUT2D eigenvalue weighted by Crippen LogP contribution is 2.26. The van der Waals surface area contributed by atoms with Gasteiger partial charge in [0.1, 0.15) is 5.75 Å². The predicted octanol–water partition coefficient (Wildman–Crippen LogP) is 4.51. The van der Waals surface area contributed by atoms with E-state index in [1.54, 1.807) is 36.4 Å². The quantitative estimate of drug-likeness (QED) is 0.388. The summed E-state index contributed by atoms with van der Waals surface area (Å²) < 4.78 is 12.1. The molecule has 3 aromatic carbocycles. The summed E-state index contributed by atoms with van der Waals surface area (Å²) in [6.07, 6.45) is 0.